The Kier molecular flexibility index (Phi) is 3.08. The first kappa shape index (κ1) is 12.9. The second-order valence-corrected chi connectivity index (χ2v) is 5.39. The Morgan fingerprint density at radius 2 is 2.00 bits per heavy atom. The third-order valence-electron chi connectivity index (χ3n) is 4.18. The third-order valence-corrected chi connectivity index (χ3v) is 4.18. The van der Waals surface area contributed by atoms with Crippen molar-refractivity contribution in [3.8, 4) is 5.69 Å². The minimum atomic E-state index is -0.364. The lowest BCUT2D eigenvalue weighted by molar-refractivity contribution is -0.121. The van der Waals surface area contributed by atoms with Crippen molar-refractivity contribution in [2.45, 2.75) is 32.6 Å². The van der Waals surface area contributed by atoms with Crippen molar-refractivity contribution in [1.29, 1.82) is 0 Å². The smallest absolute Gasteiger partial charge is 0.412 e. The molecule has 1 aliphatic rings. The number of nitrogens with zero attached hydrogens (tertiary/aromatic N) is 1. The van der Waals surface area contributed by atoms with Crippen molar-refractivity contribution < 1.29 is 9.21 Å². The molecule has 1 aromatic heterocycles. The van der Waals surface area contributed by atoms with Crippen LogP contribution in [0.15, 0.2) is 39.5 Å². The zero-order valence-corrected chi connectivity index (χ0v) is 11.6. The number of hydrogen-bond donors (Lipinski definition) is 0. The fourth-order valence-electron chi connectivity index (χ4n) is 3.13. The summed E-state index contributed by atoms with van der Waals surface area (Å²) in [5, 5.41) is 0. The molecule has 0 unspecified atom stereocenters. The zero-order valence-electron chi connectivity index (χ0n) is 11.6. The van der Waals surface area contributed by atoms with Gasteiger partial charge in [0.15, 0.2) is 0 Å². The summed E-state index contributed by atoms with van der Waals surface area (Å²) in [5.41, 5.74) is 1.72. The fraction of sp³-hybridized carbons (Fsp3) is 0.375. The molecule has 0 spiro atoms. The van der Waals surface area contributed by atoms with E-state index in [1.165, 1.54) is 0 Å². The topological polar surface area (TPSA) is 52.2 Å². The molecule has 1 aliphatic carbocycles. The first-order valence-corrected chi connectivity index (χ1v) is 6.90. The first-order chi connectivity index (χ1) is 9.59. The molecule has 4 nitrogen and oxygen atoms in total. The molecule has 2 aromatic rings. The summed E-state index contributed by atoms with van der Waals surface area (Å²) in [6.07, 6.45) is 1.47. The number of para-hydroxylation sites is 1. The van der Waals surface area contributed by atoms with E-state index in [2.05, 4.69) is 0 Å². The van der Waals surface area contributed by atoms with E-state index in [9.17, 15) is 9.59 Å². The predicted octanol–water partition coefficient (Wildman–Crippen LogP) is 2.69. The molecular weight excluding hydrogens is 254 g/mol. The lowest BCUT2D eigenvalue weighted by Gasteiger charge is -2.25. The van der Waals surface area contributed by atoms with Crippen LogP contribution in [0, 0.1) is 5.92 Å². The number of oxazole rings is 1. The van der Waals surface area contributed by atoms with Gasteiger partial charge in [-0.3, -0.25) is 4.79 Å². The minimum Gasteiger partial charge on any atom is -0.412 e. The summed E-state index contributed by atoms with van der Waals surface area (Å²) in [6, 6.07) is 9.48. The van der Waals surface area contributed by atoms with Crippen molar-refractivity contribution in [3.05, 3.63) is 52.3 Å². The van der Waals surface area contributed by atoms with E-state index in [-0.39, 0.29) is 23.4 Å². The maximum absolute atomic E-state index is 12.1. The van der Waals surface area contributed by atoms with Gasteiger partial charge in [-0.05, 0) is 31.9 Å². The average Bonchev–Trinajstić information content (AvgIpc) is 2.77. The largest absolute Gasteiger partial charge is 0.424 e. The summed E-state index contributed by atoms with van der Waals surface area (Å²) in [5.74, 6) is 0.395. The number of aromatic nitrogens is 1. The summed E-state index contributed by atoms with van der Waals surface area (Å²) >= 11 is 0. The van der Waals surface area contributed by atoms with Crippen molar-refractivity contribution in [2.75, 3.05) is 0 Å². The molecule has 2 atom stereocenters. The van der Waals surface area contributed by atoms with E-state index >= 15 is 0 Å². The Bertz CT molecular complexity index is 696. The standard InChI is InChI=1S/C16H17NO3/c1-10-13(11(2)18)8-9-14-15(10)20-16(19)17(14)12-6-4-3-5-7-12/h3-7,10,13H,8-9H2,1-2H3/t10-,13-/m0/s1. The molecule has 0 radical (unpaired) electrons. The molecule has 0 fully saturated rings. The van der Waals surface area contributed by atoms with Crippen LogP contribution in [0.3, 0.4) is 0 Å². The molecule has 20 heavy (non-hydrogen) atoms. The van der Waals surface area contributed by atoms with Crippen molar-refractivity contribution in [1.82, 2.24) is 4.57 Å². The van der Waals surface area contributed by atoms with E-state index < -0.39 is 0 Å². The van der Waals surface area contributed by atoms with Crippen LogP contribution in [0.25, 0.3) is 5.69 Å². The molecule has 104 valence electrons. The summed E-state index contributed by atoms with van der Waals surface area (Å²) < 4.78 is 7.07. The highest BCUT2D eigenvalue weighted by Gasteiger charge is 2.34. The predicted molar refractivity (Wildman–Crippen MR) is 75.2 cm³/mol. The number of hydrogen-bond acceptors (Lipinski definition) is 3. The van der Waals surface area contributed by atoms with Gasteiger partial charge in [0.05, 0.1) is 11.4 Å². The number of fused-ring (bicyclic) bond motifs is 1. The molecule has 0 bridgehead atoms. The van der Waals surface area contributed by atoms with Crippen LogP contribution in [0.2, 0.25) is 0 Å². The van der Waals surface area contributed by atoms with Gasteiger partial charge >= 0.3 is 5.76 Å². The quantitative estimate of drug-likeness (QED) is 0.843. The molecule has 4 heteroatoms. The molecule has 1 heterocycles. The van der Waals surface area contributed by atoms with Gasteiger partial charge in [0.1, 0.15) is 11.5 Å². The summed E-state index contributed by atoms with van der Waals surface area (Å²) in [6.45, 7) is 3.57. The van der Waals surface area contributed by atoms with Crippen LogP contribution >= 0.6 is 0 Å². The molecular formula is C16H17NO3. The lowest BCUT2D eigenvalue weighted by atomic mass is 9.79. The highest BCUT2D eigenvalue weighted by molar-refractivity contribution is 5.79. The van der Waals surface area contributed by atoms with Crippen LogP contribution in [0.4, 0.5) is 0 Å². The van der Waals surface area contributed by atoms with E-state index in [1.807, 2.05) is 37.3 Å². The van der Waals surface area contributed by atoms with Crippen molar-refractivity contribution >= 4 is 5.78 Å². The Morgan fingerprint density at radius 1 is 1.30 bits per heavy atom. The van der Waals surface area contributed by atoms with E-state index in [0.717, 1.165) is 17.8 Å². The van der Waals surface area contributed by atoms with E-state index in [4.69, 9.17) is 4.42 Å². The van der Waals surface area contributed by atoms with Crippen LogP contribution in [0.5, 0.6) is 0 Å². The zero-order chi connectivity index (χ0) is 14.3. The van der Waals surface area contributed by atoms with Gasteiger partial charge in [-0.2, -0.15) is 0 Å². The minimum absolute atomic E-state index is 0.0334. The summed E-state index contributed by atoms with van der Waals surface area (Å²) in [7, 11) is 0. The Hall–Kier alpha value is -2.10. The van der Waals surface area contributed by atoms with Crippen molar-refractivity contribution in [2.24, 2.45) is 5.92 Å². The number of benzene rings is 1. The van der Waals surface area contributed by atoms with E-state index in [1.54, 1.807) is 11.5 Å². The SMILES string of the molecule is CC(=O)[C@H]1CCc2c(oc(=O)n2-c2ccccc2)[C@H]1C. The van der Waals surface area contributed by atoms with E-state index in [0.29, 0.717) is 12.2 Å². The molecule has 0 aliphatic heterocycles. The van der Waals surface area contributed by atoms with Gasteiger partial charge in [-0.15, -0.1) is 0 Å². The Balaban J connectivity index is 2.12. The average molecular weight is 271 g/mol. The second kappa shape index (κ2) is 4.78. The fourth-order valence-corrected chi connectivity index (χ4v) is 3.13. The Labute approximate surface area is 117 Å². The van der Waals surface area contributed by atoms with Gasteiger partial charge in [0.25, 0.3) is 0 Å². The number of carbonyl (C=O) groups is 1. The van der Waals surface area contributed by atoms with Crippen molar-refractivity contribution in [3.63, 3.8) is 0 Å². The number of Topliss-reactive ketones (excluding diaryl/α,β-unsaturated/α-hetero) is 1. The molecule has 3 rings (SSSR count). The second-order valence-electron chi connectivity index (χ2n) is 5.39. The van der Waals surface area contributed by atoms with Gasteiger partial charge in [-0.1, -0.05) is 25.1 Å². The van der Waals surface area contributed by atoms with Gasteiger partial charge < -0.3 is 4.42 Å². The summed E-state index contributed by atoms with van der Waals surface area (Å²) in [4.78, 5) is 23.8. The van der Waals surface area contributed by atoms with Crippen LogP contribution < -0.4 is 5.76 Å². The molecule has 0 saturated carbocycles. The molecule has 0 N–H and O–H groups in total. The normalized spacial score (nSPS) is 21.5. The number of ketones is 1. The van der Waals surface area contributed by atoms with Gasteiger partial charge in [-0.25, -0.2) is 9.36 Å². The van der Waals surface area contributed by atoms with Gasteiger partial charge in [0, 0.05) is 11.8 Å². The highest BCUT2D eigenvalue weighted by atomic mass is 16.4. The first-order valence-electron chi connectivity index (χ1n) is 6.90. The maximum Gasteiger partial charge on any atom is 0.424 e. The van der Waals surface area contributed by atoms with Gasteiger partial charge in [0.2, 0.25) is 0 Å². The molecule has 0 amide bonds. The van der Waals surface area contributed by atoms with Crippen LogP contribution in [-0.2, 0) is 11.2 Å². The number of carbonyl (C=O) groups excluding carboxylic acids is 1. The monoisotopic (exact) mass is 271 g/mol. The lowest BCUT2D eigenvalue weighted by Crippen LogP contribution is -2.25. The molecule has 0 saturated heterocycles. The highest BCUT2D eigenvalue weighted by Crippen LogP contribution is 2.36. The third kappa shape index (κ3) is 1.92. The maximum atomic E-state index is 12.1. The van der Waals surface area contributed by atoms with Crippen LogP contribution in [-0.4, -0.2) is 10.4 Å². The number of rotatable bonds is 2. The Morgan fingerprint density at radius 3 is 2.65 bits per heavy atom. The molecule has 1 aromatic carbocycles. The van der Waals surface area contributed by atoms with Crippen LogP contribution in [0.1, 0.15) is 37.6 Å².